The van der Waals surface area contributed by atoms with Crippen LogP contribution >= 0.6 is 11.6 Å². The Morgan fingerprint density at radius 1 is 1.00 bits per heavy atom. The fraction of sp³-hybridized carbons (Fsp3) is 0.243. The number of aromatic nitrogens is 1. The Morgan fingerprint density at radius 3 is 2.48 bits per heavy atom. The first-order chi connectivity index (χ1) is 24.1. The van der Waals surface area contributed by atoms with Gasteiger partial charge in [-0.2, -0.15) is 5.10 Å². The minimum Gasteiger partial charge on any atom is -0.493 e. The molecule has 0 bridgehead atoms. The molecule has 1 atom stereocenters. The van der Waals surface area contributed by atoms with Crippen LogP contribution in [0.15, 0.2) is 89.2 Å². The summed E-state index contributed by atoms with van der Waals surface area (Å²) in [6.07, 6.45) is 1.58. The third kappa shape index (κ3) is 8.27. The van der Waals surface area contributed by atoms with E-state index < -0.39 is 23.9 Å². The van der Waals surface area contributed by atoms with Gasteiger partial charge in [0.15, 0.2) is 18.1 Å². The van der Waals surface area contributed by atoms with Gasteiger partial charge in [-0.3, -0.25) is 4.79 Å². The molecule has 0 saturated carbocycles. The normalized spacial score (nSPS) is 14.2. The largest absolute Gasteiger partial charge is 0.493 e. The lowest BCUT2D eigenvalue weighted by Crippen LogP contribution is -2.45. The van der Waals surface area contributed by atoms with Gasteiger partial charge in [-0.25, -0.2) is 15.0 Å². The molecule has 0 aliphatic carbocycles. The summed E-state index contributed by atoms with van der Waals surface area (Å²) in [5.74, 6) is 0.286. The third-order valence-electron chi connectivity index (χ3n) is 7.95. The van der Waals surface area contributed by atoms with Gasteiger partial charge in [-0.15, -0.1) is 0 Å². The molecule has 4 aromatic rings. The van der Waals surface area contributed by atoms with Gasteiger partial charge in [0.2, 0.25) is 0 Å². The highest BCUT2D eigenvalue weighted by Crippen LogP contribution is 2.34. The number of ether oxygens (including phenoxy) is 4. The maximum atomic E-state index is 12.7. The zero-order chi connectivity index (χ0) is 35.8. The summed E-state index contributed by atoms with van der Waals surface area (Å²) < 4.78 is 24.4. The molecular weight excluding hydrogens is 662 g/mol. The lowest BCUT2D eigenvalue weighted by Gasteiger charge is -2.28. The molecule has 3 aromatic carbocycles. The number of hydrogen-bond donors (Lipinski definition) is 3. The predicted octanol–water partition coefficient (Wildman–Crippen LogP) is 6.06. The van der Waals surface area contributed by atoms with Crippen LogP contribution in [0.1, 0.15) is 48.0 Å². The smallest absolute Gasteiger partial charge is 0.338 e. The van der Waals surface area contributed by atoms with E-state index in [-0.39, 0.29) is 24.5 Å². The van der Waals surface area contributed by atoms with Crippen molar-refractivity contribution in [1.29, 1.82) is 0 Å². The maximum Gasteiger partial charge on any atom is 0.338 e. The van der Waals surface area contributed by atoms with Gasteiger partial charge in [-0.1, -0.05) is 35.9 Å². The molecule has 1 aliphatic heterocycles. The number of hydrogen-bond acceptors (Lipinski definition) is 8. The summed E-state index contributed by atoms with van der Waals surface area (Å²) in [7, 11) is 1.45. The Morgan fingerprint density at radius 2 is 1.76 bits per heavy atom. The van der Waals surface area contributed by atoms with Crippen molar-refractivity contribution in [2.75, 3.05) is 20.3 Å². The fourth-order valence-corrected chi connectivity index (χ4v) is 5.73. The molecule has 3 amide bonds. The minimum atomic E-state index is -0.774. The number of hydrazone groups is 1. The molecule has 12 nitrogen and oxygen atoms in total. The Kier molecular flexibility index (Phi) is 11.4. The number of aryl methyl sites for hydroxylation is 1. The summed E-state index contributed by atoms with van der Waals surface area (Å²) in [5.41, 5.74) is 8.34. The number of nitrogens with one attached hydrogen (secondary N) is 3. The van der Waals surface area contributed by atoms with Gasteiger partial charge in [0.1, 0.15) is 12.4 Å². The third-order valence-corrected chi connectivity index (χ3v) is 8.32. The predicted molar refractivity (Wildman–Crippen MR) is 189 cm³/mol. The molecule has 1 aromatic heterocycles. The number of rotatable bonds is 13. The molecule has 2 heterocycles. The summed E-state index contributed by atoms with van der Waals surface area (Å²) in [6.45, 7) is 7.51. The highest BCUT2D eigenvalue weighted by atomic mass is 35.5. The van der Waals surface area contributed by atoms with E-state index in [0.29, 0.717) is 28.6 Å². The van der Waals surface area contributed by atoms with E-state index in [4.69, 9.17) is 30.5 Å². The molecule has 0 spiro atoms. The molecule has 0 radical (unpaired) electrons. The van der Waals surface area contributed by atoms with Gasteiger partial charge in [-0.05, 0) is 81.8 Å². The maximum absolute atomic E-state index is 12.7. The molecule has 1 aliphatic rings. The second-order valence-corrected chi connectivity index (χ2v) is 11.7. The molecule has 0 saturated heterocycles. The topological polar surface area (TPSA) is 142 Å². The molecule has 0 fully saturated rings. The van der Waals surface area contributed by atoms with Crippen LogP contribution in [0.25, 0.3) is 5.69 Å². The molecule has 13 heteroatoms. The van der Waals surface area contributed by atoms with E-state index in [1.807, 2.05) is 68.4 Å². The van der Waals surface area contributed by atoms with Crippen molar-refractivity contribution in [3.8, 4) is 22.9 Å². The van der Waals surface area contributed by atoms with Gasteiger partial charge in [0, 0.05) is 38.9 Å². The molecule has 0 unspecified atom stereocenters. The minimum absolute atomic E-state index is 0.183. The van der Waals surface area contributed by atoms with Gasteiger partial charge >= 0.3 is 12.0 Å². The van der Waals surface area contributed by atoms with Crippen LogP contribution in [-0.4, -0.2) is 49.0 Å². The monoisotopic (exact) mass is 699 g/mol. The zero-order valence-corrected chi connectivity index (χ0v) is 29.1. The average Bonchev–Trinajstić information content (AvgIpc) is 3.38. The Hall–Kier alpha value is -5.75. The second-order valence-electron chi connectivity index (χ2n) is 11.3. The first-order valence-corrected chi connectivity index (χ1v) is 16.2. The summed E-state index contributed by atoms with van der Waals surface area (Å²) >= 11 is 6.24. The van der Waals surface area contributed by atoms with Crippen molar-refractivity contribution in [1.82, 2.24) is 20.6 Å². The Balaban J connectivity index is 1.18. The van der Waals surface area contributed by atoms with E-state index in [9.17, 15) is 14.4 Å². The first kappa shape index (κ1) is 35.6. The number of halogens is 1. The summed E-state index contributed by atoms with van der Waals surface area (Å²) in [4.78, 5) is 37.5. The van der Waals surface area contributed by atoms with E-state index in [0.717, 1.165) is 34.0 Å². The van der Waals surface area contributed by atoms with Crippen LogP contribution < -0.4 is 30.3 Å². The number of nitrogens with zero attached hydrogens (tertiary/aromatic N) is 2. The van der Waals surface area contributed by atoms with E-state index in [1.54, 1.807) is 38.3 Å². The van der Waals surface area contributed by atoms with E-state index >= 15 is 0 Å². The van der Waals surface area contributed by atoms with Crippen LogP contribution in [0.4, 0.5) is 4.79 Å². The molecule has 3 N–H and O–H groups in total. The van der Waals surface area contributed by atoms with Crippen LogP contribution in [0, 0.1) is 13.8 Å². The van der Waals surface area contributed by atoms with Crippen molar-refractivity contribution in [3.05, 3.63) is 117 Å². The number of allylic oxidation sites excluding steroid dienone is 1. The SMILES string of the molecule is CCOC(=O)C1=C(C)NC(=O)N[C@@H]1c1ccc(OCC(=O)N/N=C/c2cc(C)n(-c3ccc(OCc4ccccc4Cl)cc3)c2C)c(OC)c1. The van der Waals surface area contributed by atoms with Gasteiger partial charge in [0.25, 0.3) is 5.91 Å². The van der Waals surface area contributed by atoms with Crippen LogP contribution in [0.2, 0.25) is 5.02 Å². The van der Waals surface area contributed by atoms with Gasteiger partial charge < -0.3 is 34.1 Å². The number of urea groups is 1. The van der Waals surface area contributed by atoms with Crippen LogP contribution in [-0.2, 0) is 20.9 Å². The quantitative estimate of drug-likeness (QED) is 0.0876. The summed E-state index contributed by atoms with van der Waals surface area (Å²) in [6, 6.07) is 21.0. The molecule has 50 heavy (non-hydrogen) atoms. The number of carbonyl (C=O) groups is 3. The van der Waals surface area contributed by atoms with Crippen molar-refractivity contribution >= 4 is 35.7 Å². The zero-order valence-electron chi connectivity index (χ0n) is 28.3. The number of esters is 1. The Bertz CT molecular complexity index is 1950. The number of carbonyl (C=O) groups excluding carboxylic acids is 3. The first-order valence-electron chi connectivity index (χ1n) is 15.8. The van der Waals surface area contributed by atoms with Crippen LogP contribution in [0.5, 0.6) is 17.2 Å². The van der Waals surface area contributed by atoms with Crippen LogP contribution in [0.3, 0.4) is 0 Å². The van der Waals surface area contributed by atoms with Crippen molar-refractivity contribution in [2.24, 2.45) is 5.10 Å². The van der Waals surface area contributed by atoms with Crippen molar-refractivity contribution < 1.29 is 33.3 Å². The number of amides is 3. The highest BCUT2D eigenvalue weighted by molar-refractivity contribution is 6.31. The van der Waals surface area contributed by atoms with E-state index in [1.165, 1.54) is 7.11 Å². The highest BCUT2D eigenvalue weighted by Gasteiger charge is 2.32. The van der Waals surface area contributed by atoms with Crippen molar-refractivity contribution in [2.45, 2.75) is 40.3 Å². The summed E-state index contributed by atoms with van der Waals surface area (Å²) in [5, 5.41) is 10.1. The fourth-order valence-electron chi connectivity index (χ4n) is 5.54. The molecule has 5 rings (SSSR count). The lowest BCUT2D eigenvalue weighted by molar-refractivity contribution is -0.139. The van der Waals surface area contributed by atoms with Crippen molar-refractivity contribution in [3.63, 3.8) is 0 Å². The second kappa shape index (κ2) is 16.1. The number of methoxy groups -OCH3 is 1. The molecule has 260 valence electrons. The Labute approximate surface area is 295 Å². The average molecular weight is 700 g/mol. The van der Waals surface area contributed by atoms with Gasteiger partial charge in [0.05, 0.1) is 31.5 Å². The molecular formula is C37H38ClN5O7. The number of benzene rings is 3. The standard InChI is InChI=1S/C37H38ClN5O7/c1-6-48-36(45)34-23(3)40-37(46)41-35(34)25-11-16-31(32(18-25)47-5)50-21-33(44)42-39-19-27-17-22(2)43(24(27)4)28-12-14-29(15-13-28)49-20-26-9-7-8-10-30(26)38/h7-19,35H,6,20-21H2,1-5H3,(H,42,44)(H2,40,41,46)/b39-19+/t35-/m1/s1. The lowest BCUT2D eigenvalue weighted by atomic mass is 9.95. The van der Waals surface area contributed by atoms with E-state index in [2.05, 4.69) is 25.7 Å².